The van der Waals surface area contributed by atoms with Gasteiger partial charge in [0, 0.05) is 16.4 Å². The summed E-state index contributed by atoms with van der Waals surface area (Å²) in [6.07, 6.45) is 0. The van der Waals surface area contributed by atoms with Crippen LogP contribution in [0.2, 0.25) is 0 Å². The molecule has 2 aromatic carbocycles. The van der Waals surface area contributed by atoms with E-state index >= 15 is 0 Å². The Morgan fingerprint density at radius 2 is 1.58 bits per heavy atom. The lowest BCUT2D eigenvalue weighted by molar-refractivity contribution is 0.627. The number of hydrogen-bond acceptors (Lipinski definition) is 3. The van der Waals surface area contributed by atoms with Crippen molar-refractivity contribution >= 4 is 12.6 Å². The van der Waals surface area contributed by atoms with Crippen LogP contribution in [0.3, 0.4) is 0 Å². The van der Waals surface area contributed by atoms with Crippen molar-refractivity contribution in [2.24, 2.45) is 0 Å². The Morgan fingerprint density at radius 1 is 0.895 bits per heavy atom. The van der Waals surface area contributed by atoms with Gasteiger partial charge in [0.2, 0.25) is 0 Å². The molecule has 0 fully saturated rings. The molecule has 3 nitrogen and oxygen atoms in total. The quantitative estimate of drug-likeness (QED) is 0.671. The van der Waals surface area contributed by atoms with Crippen molar-refractivity contribution in [3.05, 3.63) is 60.4 Å². The summed E-state index contributed by atoms with van der Waals surface area (Å²) in [5.74, 6) is 0.362. The van der Waals surface area contributed by atoms with Gasteiger partial charge in [0.1, 0.15) is 5.82 Å². The first-order chi connectivity index (χ1) is 9.25. The lowest BCUT2D eigenvalue weighted by Crippen LogP contribution is -1.99. The molecule has 0 N–H and O–H groups in total. The third kappa shape index (κ3) is 2.20. The zero-order chi connectivity index (χ0) is 13.2. The van der Waals surface area contributed by atoms with Gasteiger partial charge in [0.05, 0.1) is 0 Å². The number of halogens is 1. The molecule has 0 aliphatic rings. The standard InChI is InChI=1S/C14H10FN3S/c15-11-6-8-12(9-7-11)18-13(16-17-14(18)19)10-4-2-1-3-5-10/h1-9H,(H,17,19)/p-1. The van der Waals surface area contributed by atoms with E-state index < -0.39 is 0 Å². The Bertz CT molecular complexity index is 692. The minimum absolute atomic E-state index is 0.288. The highest BCUT2D eigenvalue weighted by Crippen LogP contribution is 2.22. The Morgan fingerprint density at radius 3 is 2.26 bits per heavy atom. The predicted octanol–water partition coefficient (Wildman–Crippen LogP) is 2.98. The van der Waals surface area contributed by atoms with Crippen LogP contribution in [0.1, 0.15) is 0 Å². The van der Waals surface area contributed by atoms with E-state index in [0.29, 0.717) is 11.0 Å². The van der Waals surface area contributed by atoms with Crippen LogP contribution in [0.15, 0.2) is 59.8 Å². The zero-order valence-corrected chi connectivity index (χ0v) is 10.6. The minimum atomic E-state index is -0.288. The van der Waals surface area contributed by atoms with E-state index in [-0.39, 0.29) is 5.82 Å². The molecule has 0 saturated heterocycles. The molecule has 0 aliphatic heterocycles. The Kier molecular flexibility index (Phi) is 2.97. The van der Waals surface area contributed by atoms with Gasteiger partial charge in [-0.25, -0.2) is 4.39 Å². The van der Waals surface area contributed by atoms with Gasteiger partial charge in [-0.15, -0.1) is 5.10 Å². The molecule has 5 heteroatoms. The molecule has 0 radical (unpaired) electrons. The van der Waals surface area contributed by atoms with E-state index in [1.54, 1.807) is 16.7 Å². The van der Waals surface area contributed by atoms with Crippen molar-refractivity contribution in [2.75, 3.05) is 0 Å². The first-order valence-electron chi connectivity index (χ1n) is 5.69. The summed E-state index contributed by atoms with van der Waals surface area (Å²) < 4.78 is 14.7. The lowest BCUT2D eigenvalue weighted by atomic mass is 10.2. The molecule has 0 bridgehead atoms. The number of rotatable bonds is 2. The summed E-state index contributed by atoms with van der Waals surface area (Å²) >= 11 is 5.18. The number of nitrogens with zero attached hydrogens (tertiary/aromatic N) is 3. The van der Waals surface area contributed by atoms with Crippen LogP contribution >= 0.6 is 0 Å². The van der Waals surface area contributed by atoms with Crippen LogP contribution in [0, 0.1) is 5.82 Å². The van der Waals surface area contributed by atoms with E-state index in [1.165, 1.54) is 12.1 Å². The molecule has 0 unspecified atom stereocenters. The van der Waals surface area contributed by atoms with E-state index in [1.807, 2.05) is 30.3 Å². The molecule has 0 atom stereocenters. The summed E-state index contributed by atoms with van der Waals surface area (Å²) in [6, 6.07) is 15.7. The first-order valence-corrected chi connectivity index (χ1v) is 6.10. The molecule has 94 valence electrons. The van der Waals surface area contributed by atoms with Gasteiger partial charge in [-0.3, -0.25) is 4.57 Å². The topological polar surface area (TPSA) is 30.7 Å². The second-order valence-electron chi connectivity index (χ2n) is 3.98. The molecular formula is C14H9FN3S-. The van der Waals surface area contributed by atoms with Gasteiger partial charge in [-0.1, -0.05) is 30.3 Å². The summed E-state index contributed by atoms with van der Waals surface area (Å²) in [5, 5.41) is 8.38. The van der Waals surface area contributed by atoms with Gasteiger partial charge in [0.25, 0.3) is 0 Å². The second-order valence-corrected chi connectivity index (χ2v) is 4.35. The van der Waals surface area contributed by atoms with Crippen molar-refractivity contribution < 1.29 is 4.39 Å². The van der Waals surface area contributed by atoms with Crippen molar-refractivity contribution in [2.45, 2.75) is 5.16 Å². The normalized spacial score (nSPS) is 10.6. The molecule has 1 heterocycles. The van der Waals surface area contributed by atoms with Crippen LogP contribution in [-0.4, -0.2) is 14.8 Å². The fourth-order valence-corrected chi connectivity index (χ4v) is 2.10. The third-order valence-electron chi connectivity index (χ3n) is 2.75. The second kappa shape index (κ2) is 4.78. The Balaban J connectivity index is 2.17. The maximum Gasteiger partial charge on any atom is 0.167 e. The average Bonchev–Trinajstić information content (AvgIpc) is 2.83. The highest BCUT2D eigenvalue weighted by Gasteiger charge is 2.09. The highest BCUT2D eigenvalue weighted by atomic mass is 32.1. The molecule has 0 aliphatic carbocycles. The maximum absolute atomic E-state index is 13.0. The van der Waals surface area contributed by atoms with Crippen LogP contribution in [-0.2, 0) is 12.6 Å². The zero-order valence-electron chi connectivity index (χ0n) is 9.82. The molecular weight excluding hydrogens is 261 g/mol. The minimum Gasteiger partial charge on any atom is -0.740 e. The van der Waals surface area contributed by atoms with E-state index in [9.17, 15) is 4.39 Å². The van der Waals surface area contributed by atoms with Gasteiger partial charge < -0.3 is 12.6 Å². The number of aromatic nitrogens is 3. The van der Waals surface area contributed by atoms with E-state index in [2.05, 4.69) is 10.2 Å². The maximum atomic E-state index is 13.0. The summed E-state index contributed by atoms with van der Waals surface area (Å²) in [6.45, 7) is 0. The van der Waals surface area contributed by atoms with Gasteiger partial charge in [-0.2, -0.15) is 5.10 Å². The van der Waals surface area contributed by atoms with Crippen LogP contribution < -0.4 is 0 Å². The average molecular weight is 270 g/mol. The lowest BCUT2D eigenvalue weighted by Gasteiger charge is -2.13. The molecule has 3 rings (SSSR count). The SMILES string of the molecule is Fc1ccc(-n2c([S-])nnc2-c2ccccc2)cc1. The highest BCUT2D eigenvalue weighted by molar-refractivity contribution is 7.58. The molecule has 1 aromatic heterocycles. The van der Waals surface area contributed by atoms with Crippen molar-refractivity contribution in [3.63, 3.8) is 0 Å². The van der Waals surface area contributed by atoms with Crippen LogP contribution in [0.25, 0.3) is 17.1 Å². The smallest absolute Gasteiger partial charge is 0.167 e. The van der Waals surface area contributed by atoms with Gasteiger partial charge in [0.15, 0.2) is 5.82 Å². The fraction of sp³-hybridized carbons (Fsp3) is 0. The van der Waals surface area contributed by atoms with E-state index in [4.69, 9.17) is 12.6 Å². The molecule has 3 aromatic rings. The largest absolute Gasteiger partial charge is 0.740 e. The number of benzene rings is 2. The van der Waals surface area contributed by atoms with Crippen molar-refractivity contribution in [1.29, 1.82) is 0 Å². The summed E-state index contributed by atoms with van der Waals surface area (Å²) in [5.41, 5.74) is 1.66. The van der Waals surface area contributed by atoms with E-state index in [0.717, 1.165) is 11.3 Å². The Hall–Kier alpha value is -2.27. The summed E-state index contributed by atoms with van der Waals surface area (Å²) in [7, 11) is 0. The van der Waals surface area contributed by atoms with Crippen molar-refractivity contribution in [3.8, 4) is 17.1 Å². The molecule has 0 saturated carbocycles. The Labute approximate surface area is 115 Å². The first kappa shape index (κ1) is 11.8. The van der Waals surface area contributed by atoms with Crippen LogP contribution in [0.5, 0.6) is 0 Å². The predicted molar refractivity (Wildman–Crippen MR) is 72.4 cm³/mol. The number of hydrogen-bond donors (Lipinski definition) is 0. The third-order valence-corrected chi connectivity index (χ3v) is 3.01. The molecule has 19 heavy (non-hydrogen) atoms. The summed E-state index contributed by atoms with van der Waals surface area (Å²) in [4.78, 5) is 0. The van der Waals surface area contributed by atoms with Crippen LogP contribution in [0.4, 0.5) is 4.39 Å². The molecule has 0 amide bonds. The molecule has 0 spiro atoms. The monoisotopic (exact) mass is 270 g/mol. The van der Waals surface area contributed by atoms with Gasteiger partial charge in [-0.05, 0) is 24.3 Å². The van der Waals surface area contributed by atoms with Crippen molar-refractivity contribution in [1.82, 2.24) is 14.8 Å². The van der Waals surface area contributed by atoms with Gasteiger partial charge >= 0.3 is 0 Å². The fourth-order valence-electron chi connectivity index (χ4n) is 1.87.